The van der Waals surface area contributed by atoms with E-state index in [2.05, 4.69) is 47.4 Å². The van der Waals surface area contributed by atoms with E-state index in [0.29, 0.717) is 0 Å². The van der Waals surface area contributed by atoms with Crippen LogP contribution in [0.4, 0.5) is 5.82 Å². The number of benzene rings is 1. The summed E-state index contributed by atoms with van der Waals surface area (Å²) < 4.78 is 5.89. The Morgan fingerprint density at radius 2 is 1.67 bits per heavy atom. The van der Waals surface area contributed by atoms with Crippen LogP contribution in [0.2, 0.25) is 0 Å². The van der Waals surface area contributed by atoms with Crippen molar-refractivity contribution in [2.45, 2.75) is 40.5 Å². The largest absolute Gasteiger partial charge is 0.355 e. The van der Waals surface area contributed by atoms with Gasteiger partial charge in [0.1, 0.15) is 5.82 Å². The molecular formula is C15H24N2S. The highest BCUT2D eigenvalue weighted by molar-refractivity contribution is 7.13. The maximum absolute atomic E-state index is 4.60. The highest BCUT2D eigenvalue weighted by atomic mass is 32.1. The SMILES string of the molecule is CC.CCCN(CCC)c1nsc2ccccc12. The summed E-state index contributed by atoms with van der Waals surface area (Å²) in [5.74, 6) is 1.17. The minimum Gasteiger partial charge on any atom is -0.355 e. The first-order valence-corrected chi connectivity index (χ1v) is 7.73. The molecule has 0 amide bonds. The molecule has 100 valence electrons. The van der Waals surface area contributed by atoms with E-state index in [-0.39, 0.29) is 0 Å². The number of nitrogens with zero attached hydrogens (tertiary/aromatic N) is 2. The van der Waals surface area contributed by atoms with E-state index in [9.17, 15) is 0 Å². The fourth-order valence-corrected chi connectivity index (χ4v) is 2.76. The van der Waals surface area contributed by atoms with Gasteiger partial charge in [0.2, 0.25) is 0 Å². The van der Waals surface area contributed by atoms with Gasteiger partial charge in [-0.05, 0) is 36.5 Å². The fourth-order valence-electron chi connectivity index (χ4n) is 1.96. The molecule has 0 bridgehead atoms. The Balaban J connectivity index is 0.000000771. The van der Waals surface area contributed by atoms with Gasteiger partial charge in [0.25, 0.3) is 0 Å². The molecule has 0 saturated carbocycles. The van der Waals surface area contributed by atoms with Gasteiger partial charge in [-0.3, -0.25) is 0 Å². The maximum Gasteiger partial charge on any atom is 0.150 e. The molecule has 1 aromatic heterocycles. The molecule has 2 aromatic rings. The lowest BCUT2D eigenvalue weighted by molar-refractivity contribution is 0.741. The van der Waals surface area contributed by atoms with Gasteiger partial charge in [-0.1, -0.05) is 39.8 Å². The first kappa shape index (κ1) is 15.0. The highest BCUT2D eigenvalue weighted by Crippen LogP contribution is 2.29. The molecule has 0 spiro atoms. The number of anilines is 1. The second kappa shape index (κ2) is 8.09. The van der Waals surface area contributed by atoms with Crippen molar-refractivity contribution in [3.05, 3.63) is 24.3 Å². The molecular weight excluding hydrogens is 240 g/mol. The molecule has 3 heteroatoms. The van der Waals surface area contributed by atoms with Gasteiger partial charge in [-0.25, -0.2) is 0 Å². The van der Waals surface area contributed by atoms with Crippen LogP contribution in [0.15, 0.2) is 24.3 Å². The van der Waals surface area contributed by atoms with Crippen molar-refractivity contribution in [3.8, 4) is 0 Å². The van der Waals surface area contributed by atoms with Crippen molar-refractivity contribution in [2.75, 3.05) is 18.0 Å². The minimum atomic E-state index is 1.10. The smallest absolute Gasteiger partial charge is 0.150 e. The van der Waals surface area contributed by atoms with Crippen molar-refractivity contribution in [1.82, 2.24) is 4.37 Å². The summed E-state index contributed by atoms with van der Waals surface area (Å²) in [6.45, 7) is 10.6. The summed E-state index contributed by atoms with van der Waals surface area (Å²) in [5.41, 5.74) is 0. The van der Waals surface area contributed by atoms with E-state index in [4.69, 9.17) is 0 Å². The van der Waals surface area contributed by atoms with E-state index in [1.54, 1.807) is 11.5 Å². The molecule has 0 aliphatic carbocycles. The van der Waals surface area contributed by atoms with Crippen molar-refractivity contribution in [3.63, 3.8) is 0 Å². The zero-order valence-corrected chi connectivity index (χ0v) is 12.8. The summed E-state index contributed by atoms with van der Waals surface area (Å²) in [5, 5.41) is 1.30. The van der Waals surface area contributed by atoms with E-state index in [1.165, 1.54) is 28.7 Å². The maximum atomic E-state index is 4.60. The van der Waals surface area contributed by atoms with Gasteiger partial charge in [-0.15, -0.1) is 0 Å². The molecule has 2 nitrogen and oxygen atoms in total. The number of hydrogen-bond donors (Lipinski definition) is 0. The van der Waals surface area contributed by atoms with Gasteiger partial charge in [0.15, 0.2) is 0 Å². The lowest BCUT2D eigenvalue weighted by Gasteiger charge is -2.21. The number of hydrogen-bond acceptors (Lipinski definition) is 3. The highest BCUT2D eigenvalue weighted by Gasteiger charge is 2.11. The summed E-state index contributed by atoms with van der Waals surface area (Å²) >= 11 is 1.60. The second-order valence-corrected chi connectivity index (χ2v) is 4.79. The van der Waals surface area contributed by atoms with E-state index in [1.807, 2.05) is 13.8 Å². The predicted molar refractivity (Wildman–Crippen MR) is 83.8 cm³/mol. The first-order valence-electron chi connectivity index (χ1n) is 6.96. The molecule has 0 fully saturated rings. The van der Waals surface area contributed by atoms with Crippen LogP contribution in [0, 0.1) is 0 Å². The molecule has 1 aromatic carbocycles. The molecule has 0 unspecified atom stereocenters. The molecule has 18 heavy (non-hydrogen) atoms. The lowest BCUT2D eigenvalue weighted by atomic mass is 10.2. The van der Waals surface area contributed by atoms with Crippen LogP contribution in [0.1, 0.15) is 40.5 Å². The molecule has 0 aliphatic heterocycles. The Labute approximate surface area is 115 Å². The molecule has 0 radical (unpaired) electrons. The summed E-state index contributed by atoms with van der Waals surface area (Å²) in [7, 11) is 0. The number of rotatable bonds is 5. The van der Waals surface area contributed by atoms with Crippen molar-refractivity contribution < 1.29 is 0 Å². The van der Waals surface area contributed by atoms with Crippen LogP contribution in [0.25, 0.3) is 10.1 Å². The topological polar surface area (TPSA) is 16.1 Å². The van der Waals surface area contributed by atoms with Gasteiger partial charge < -0.3 is 4.90 Å². The van der Waals surface area contributed by atoms with Crippen LogP contribution in [0.5, 0.6) is 0 Å². The summed E-state index contributed by atoms with van der Waals surface area (Å²) in [6, 6.07) is 8.49. The van der Waals surface area contributed by atoms with E-state index < -0.39 is 0 Å². The molecule has 0 N–H and O–H groups in total. The predicted octanol–water partition coefficient (Wildman–Crippen LogP) is 4.95. The zero-order valence-electron chi connectivity index (χ0n) is 11.9. The lowest BCUT2D eigenvalue weighted by Crippen LogP contribution is -2.25. The second-order valence-electron chi connectivity index (χ2n) is 3.99. The molecule has 2 rings (SSSR count). The van der Waals surface area contributed by atoms with Crippen molar-refractivity contribution >= 4 is 27.4 Å². The van der Waals surface area contributed by atoms with E-state index >= 15 is 0 Å². The molecule has 0 atom stereocenters. The van der Waals surface area contributed by atoms with Gasteiger partial charge in [-0.2, -0.15) is 4.37 Å². The Morgan fingerprint density at radius 3 is 2.28 bits per heavy atom. The standard InChI is InChI=1S/C13H18N2S.C2H6/c1-3-9-15(10-4-2)13-11-7-5-6-8-12(11)16-14-13;1-2/h5-8H,3-4,9-10H2,1-2H3;1-2H3. The zero-order chi connectivity index (χ0) is 13.4. The summed E-state index contributed by atoms with van der Waals surface area (Å²) in [4.78, 5) is 2.40. The van der Waals surface area contributed by atoms with Crippen LogP contribution in [-0.4, -0.2) is 17.5 Å². The van der Waals surface area contributed by atoms with Crippen LogP contribution in [0.3, 0.4) is 0 Å². The van der Waals surface area contributed by atoms with Crippen LogP contribution in [-0.2, 0) is 0 Å². The first-order chi connectivity index (χ1) is 8.86. The van der Waals surface area contributed by atoms with Crippen molar-refractivity contribution in [2.24, 2.45) is 0 Å². The third kappa shape index (κ3) is 3.45. The number of fused-ring (bicyclic) bond motifs is 1. The Hall–Kier alpha value is -1.09. The normalized spacial score (nSPS) is 10.0. The monoisotopic (exact) mass is 264 g/mol. The van der Waals surface area contributed by atoms with Gasteiger partial charge >= 0.3 is 0 Å². The third-order valence-electron chi connectivity index (χ3n) is 2.65. The van der Waals surface area contributed by atoms with E-state index in [0.717, 1.165) is 13.1 Å². The van der Waals surface area contributed by atoms with Gasteiger partial charge in [0, 0.05) is 18.5 Å². The van der Waals surface area contributed by atoms with Gasteiger partial charge in [0.05, 0.1) is 4.70 Å². The molecule has 0 aliphatic rings. The average Bonchev–Trinajstić information content (AvgIpc) is 2.85. The molecule has 1 heterocycles. The minimum absolute atomic E-state index is 1.10. The molecule has 0 saturated heterocycles. The quantitative estimate of drug-likeness (QED) is 0.759. The van der Waals surface area contributed by atoms with Crippen LogP contribution < -0.4 is 4.90 Å². The fraction of sp³-hybridized carbons (Fsp3) is 0.533. The Morgan fingerprint density at radius 1 is 1.06 bits per heavy atom. The van der Waals surface area contributed by atoms with Crippen LogP contribution >= 0.6 is 11.5 Å². The Kier molecular flexibility index (Phi) is 6.73. The van der Waals surface area contributed by atoms with Crippen molar-refractivity contribution in [1.29, 1.82) is 0 Å². The third-order valence-corrected chi connectivity index (χ3v) is 3.46. The number of aromatic nitrogens is 1. The summed E-state index contributed by atoms with van der Waals surface area (Å²) in [6.07, 6.45) is 2.34. The Bertz CT molecular complexity index is 444. The average molecular weight is 264 g/mol.